The van der Waals surface area contributed by atoms with E-state index in [0.29, 0.717) is 101 Å². The number of rotatable bonds is 25. The zero-order chi connectivity index (χ0) is 44.4. The number of hydrogen-bond acceptors (Lipinski definition) is 14. The van der Waals surface area contributed by atoms with Crippen LogP contribution in [-0.2, 0) is 42.9 Å². The minimum absolute atomic E-state index is 0.0159. The molecular weight excluding hydrogens is 801 g/mol. The number of allylic oxidation sites excluding steroid dienone is 3. The van der Waals surface area contributed by atoms with Crippen molar-refractivity contribution in [3.05, 3.63) is 52.1 Å². The lowest BCUT2D eigenvalue weighted by molar-refractivity contribution is -0.140. The number of amides is 3. The lowest BCUT2D eigenvalue weighted by Crippen LogP contribution is -2.47. The molecule has 1 saturated heterocycles. The summed E-state index contributed by atoms with van der Waals surface area (Å²) >= 11 is 0. The van der Waals surface area contributed by atoms with Crippen molar-refractivity contribution in [3.63, 3.8) is 0 Å². The number of aldehydes is 2. The zero-order valence-corrected chi connectivity index (χ0v) is 36.6. The van der Waals surface area contributed by atoms with Gasteiger partial charge in [0.15, 0.2) is 0 Å². The van der Waals surface area contributed by atoms with Crippen molar-refractivity contribution in [1.29, 1.82) is 0 Å². The highest BCUT2D eigenvalue weighted by Gasteiger charge is 2.36. The molecule has 3 N–H and O–H groups in total. The molecule has 0 radical (unpaired) electrons. The normalized spacial score (nSPS) is 20.7. The maximum atomic E-state index is 13.4. The molecule has 3 heterocycles. The van der Waals surface area contributed by atoms with Gasteiger partial charge < -0.3 is 54.3 Å². The Bertz CT molecular complexity index is 1950. The van der Waals surface area contributed by atoms with Gasteiger partial charge in [0.2, 0.25) is 23.7 Å². The van der Waals surface area contributed by atoms with Crippen LogP contribution >= 0.6 is 0 Å². The highest BCUT2D eigenvalue weighted by Crippen LogP contribution is 2.36. The lowest BCUT2D eigenvalue weighted by atomic mass is 9.85. The van der Waals surface area contributed by atoms with Gasteiger partial charge in [-0.25, -0.2) is 4.98 Å². The monoisotopic (exact) mass is 864 g/mol. The molecule has 2 aliphatic carbocycles. The van der Waals surface area contributed by atoms with Crippen LogP contribution in [0.15, 0.2) is 41.0 Å². The summed E-state index contributed by atoms with van der Waals surface area (Å²) in [5.41, 5.74) is 1.94. The number of carbonyl (C=O) groups is 5. The molecule has 5 atom stereocenters. The Morgan fingerprint density at radius 3 is 2.32 bits per heavy atom. The maximum absolute atomic E-state index is 13.4. The second-order valence-corrected chi connectivity index (χ2v) is 16.1. The second-order valence-electron chi connectivity index (χ2n) is 16.1. The zero-order valence-electron chi connectivity index (χ0n) is 36.6. The van der Waals surface area contributed by atoms with Crippen molar-refractivity contribution in [2.75, 3.05) is 91.9 Å². The summed E-state index contributed by atoms with van der Waals surface area (Å²) < 4.78 is 24.3. The Morgan fingerprint density at radius 1 is 0.984 bits per heavy atom. The fourth-order valence-corrected chi connectivity index (χ4v) is 8.22. The maximum Gasteiger partial charge on any atom is 0.255 e. The fourth-order valence-electron chi connectivity index (χ4n) is 8.22. The van der Waals surface area contributed by atoms with Crippen molar-refractivity contribution in [3.8, 4) is 0 Å². The Hall–Kier alpha value is -5.04. The SMILES string of the molecule is CNC(=O)CCC(C=O)N(C)C(=O)C1C(NCCOCCOCCOCCOCC(=O)N2CCC(Nc3ncc4cc(C)c(=O)n(C5CCCC5C)c4n3)CC2)=CC=CC1C=O. The van der Waals surface area contributed by atoms with Gasteiger partial charge in [-0.1, -0.05) is 25.5 Å². The molecule has 1 aliphatic heterocycles. The summed E-state index contributed by atoms with van der Waals surface area (Å²) in [7, 11) is 3.01. The van der Waals surface area contributed by atoms with Crippen molar-refractivity contribution in [2.45, 2.75) is 76.9 Å². The molecule has 2 fully saturated rings. The van der Waals surface area contributed by atoms with Crippen LogP contribution in [0.2, 0.25) is 0 Å². The Balaban J connectivity index is 0.890. The molecule has 5 rings (SSSR count). The van der Waals surface area contributed by atoms with Crippen molar-refractivity contribution in [1.82, 2.24) is 35.0 Å². The largest absolute Gasteiger partial charge is 0.385 e. The molecule has 0 bridgehead atoms. The van der Waals surface area contributed by atoms with E-state index in [2.05, 4.69) is 27.9 Å². The number of aryl methyl sites for hydroxylation is 1. The first-order valence-corrected chi connectivity index (χ1v) is 21.8. The first-order valence-electron chi connectivity index (χ1n) is 21.8. The third-order valence-electron chi connectivity index (χ3n) is 11.9. The standard InChI is InChI=1S/C44H64N8O10/c1-30-7-5-10-37(30)52-41-33(25-31(2)42(52)57)26-47-44(49-41)48-34-13-16-51(17-14-34)39(56)29-62-24-23-61-22-21-60-20-19-59-18-15-46-36-9-6-8-32(27-53)40(36)43(58)50(4)35(28-54)11-12-38(55)45-3/h6,8-9,25-28,30,32,34-35,37,40,46H,5,7,10-24,29H2,1-4H3,(H,45,55)(H,47,48,49). The van der Waals surface area contributed by atoms with Gasteiger partial charge in [-0.05, 0) is 57.1 Å². The first-order chi connectivity index (χ1) is 30.1. The van der Waals surface area contributed by atoms with Crippen LogP contribution in [0.4, 0.5) is 5.95 Å². The molecule has 18 nitrogen and oxygen atoms in total. The van der Waals surface area contributed by atoms with Gasteiger partial charge in [0, 0.05) is 75.1 Å². The Morgan fingerprint density at radius 2 is 1.68 bits per heavy atom. The molecule has 5 unspecified atom stereocenters. The van der Waals surface area contributed by atoms with E-state index in [1.165, 1.54) is 19.0 Å². The molecule has 2 aromatic rings. The number of hydrogen-bond donors (Lipinski definition) is 3. The number of carbonyl (C=O) groups excluding carboxylic acids is 5. The van der Waals surface area contributed by atoms with Gasteiger partial charge >= 0.3 is 0 Å². The quantitative estimate of drug-likeness (QED) is 0.0963. The number of aromatic nitrogens is 3. The number of fused-ring (bicyclic) bond motifs is 1. The van der Waals surface area contributed by atoms with Crippen LogP contribution in [0, 0.1) is 24.7 Å². The number of pyridine rings is 1. The summed E-state index contributed by atoms with van der Waals surface area (Å²) in [6.45, 7) is 7.93. The summed E-state index contributed by atoms with van der Waals surface area (Å²) in [4.78, 5) is 87.2. The molecule has 1 saturated carbocycles. The van der Waals surface area contributed by atoms with Gasteiger partial charge in [-0.3, -0.25) is 23.7 Å². The average Bonchev–Trinajstić information content (AvgIpc) is 3.71. The smallest absolute Gasteiger partial charge is 0.255 e. The molecule has 3 amide bonds. The Labute approximate surface area is 363 Å². The highest BCUT2D eigenvalue weighted by molar-refractivity contribution is 5.88. The Kier molecular flexibility index (Phi) is 19.0. The van der Waals surface area contributed by atoms with E-state index >= 15 is 0 Å². The molecule has 2 aromatic heterocycles. The van der Waals surface area contributed by atoms with Crippen LogP contribution in [-0.4, -0.2) is 153 Å². The molecule has 62 heavy (non-hydrogen) atoms. The van der Waals surface area contributed by atoms with E-state index in [1.54, 1.807) is 24.4 Å². The van der Waals surface area contributed by atoms with Crippen LogP contribution in [0.1, 0.15) is 63.5 Å². The van der Waals surface area contributed by atoms with E-state index in [0.717, 1.165) is 37.5 Å². The lowest BCUT2D eigenvalue weighted by Gasteiger charge is -2.32. The molecule has 3 aliphatic rings. The van der Waals surface area contributed by atoms with Crippen molar-refractivity contribution in [2.24, 2.45) is 17.8 Å². The van der Waals surface area contributed by atoms with E-state index in [4.69, 9.17) is 23.9 Å². The number of ether oxygens (including phenoxy) is 4. The third kappa shape index (κ3) is 13.2. The van der Waals surface area contributed by atoms with E-state index in [-0.39, 0.29) is 55.5 Å². The predicted octanol–water partition coefficient (Wildman–Crippen LogP) is 1.96. The van der Waals surface area contributed by atoms with Gasteiger partial charge in [0.05, 0.1) is 64.1 Å². The molecule has 0 aromatic carbocycles. The molecular formula is C44H64N8O10. The van der Waals surface area contributed by atoms with Gasteiger partial charge in [-0.15, -0.1) is 0 Å². The summed E-state index contributed by atoms with van der Waals surface area (Å²) in [5, 5.41) is 9.99. The molecule has 340 valence electrons. The molecule has 18 heteroatoms. The third-order valence-corrected chi connectivity index (χ3v) is 11.9. The average molecular weight is 865 g/mol. The number of nitrogens with one attached hydrogen (secondary N) is 3. The predicted molar refractivity (Wildman–Crippen MR) is 231 cm³/mol. The number of anilines is 1. The summed E-state index contributed by atoms with van der Waals surface area (Å²) in [6.07, 6.45) is 13.2. The second kappa shape index (κ2) is 24.6. The van der Waals surface area contributed by atoms with E-state index < -0.39 is 23.8 Å². The van der Waals surface area contributed by atoms with Crippen LogP contribution < -0.4 is 21.5 Å². The highest BCUT2D eigenvalue weighted by atomic mass is 16.6. The van der Waals surface area contributed by atoms with Gasteiger partial charge in [0.1, 0.15) is 24.8 Å². The van der Waals surface area contributed by atoms with Crippen molar-refractivity contribution >= 4 is 47.3 Å². The van der Waals surface area contributed by atoms with E-state index in [1.807, 2.05) is 22.5 Å². The topological polar surface area (TPSA) is 213 Å². The summed E-state index contributed by atoms with van der Waals surface area (Å²) in [5.74, 6) is -1.31. The van der Waals surface area contributed by atoms with Crippen molar-refractivity contribution < 1.29 is 42.9 Å². The minimum atomic E-state index is -0.829. The van der Waals surface area contributed by atoms with Gasteiger partial charge in [-0.2, -0.15) is 4.98 Å². The number of likely N-dealkylation sites (N-methyl/N-ethyl adjacent to an activating group) is 1. The van der Waals surface area contributed by atoms with Gasteiger partial charge in [0.25, 0.3) is 5.56 Å². The number of piperidine rings is 1. The number of likely N-dealkylation sites (tertiary alicyclic amines) is 1. The van der Waals surface area contributed by atoms with Crippen LogP contribution in [0.5, 0.6) is 0 Å². The number of nitrogens with zero attached hydrogens (tertiary/aromatic N) is 5. The fraction of sp³-hybridized carbons (Fsp3) is 0.636. The van der Waals surface area contributed by atoms with E-state index in [9.17, 15) is 28.8 Å². The summed E-state index contributed by atoms with van der Waals surface area (Å²) in [6, 6.07) is 1.31. The van der Waals surface area contributed by atoms with Crippen LogP contribution in [0.25, 0.3) is 11.0 Å². The first kappa shape index (κ1) is 48.0. The van der Waals surface area contributed by atoms with Crippen LogP contribution in [0.3, 0.4) is 0 Å². The molecule has 0 spiro atoms. The minimum Gasteiger partial charge on any atom is -0.385 e.